The summed E-state index contributed by atoms with van der Waals surface area (Å²) in [5, 5.41) is 42.1. The number of amides is 4. The molecular weight excluding hydrogens is 1230 g/mol. The Morgan fingerprint density at radius 2 is 0.800 bits per heavy atom. The maximum atomic E-state index is 13.0. The van der Waals surface area contributed by atoms with E-state index in [2.05, 4.69) is 119 Å². The van der Waals surface area contributed by atoms with E-state index in [4.69, 9.17) is 20.4 Å². The van der Waals surface area contributed by atoms with Crippen molar-refractivity contribution in [3.63, 3.8) is 0 Å². The number of carbonyl (C=O) groups excluding carboxylic acids is 4. The van der Waals surface area contributed by atoms with Crippen LogP contribution in [0.25, 0.3) is 11.1 Å². The SMILES string of the molecule is CC(C)(O)C(C)(C)O.CC(C)(O)C(C)(C)O.C[C@@H]1CCCN1CCN1CCc2cc(-c3ccc4c(c3)CCNC4=O)ccc2C1=O.C[C@@H]1CCCN1CCN1CCc2cc(I)ccc2C1=O.O=C1NCCc2cc(I)ccc21.[B][B]. The van der Waals surface area contributed by atoms with E-state index < -0.39 is 22.4 Å². The zero-order chi connectivity index (χ0) is 59.3. The first kappa shape index (κ1) is 66.9. The van der Waals surface area contributed by atoms with Crippen LogP contribution in [0.3, 0.4) is 0 Å². The Morgan fingerprint density at radius 3 is 1.16 bits per heavy atom. The van der Waals surface area contributed by atoms with Gasteiger partial charge in [-0.25, -0.2) is 0 Å². The van der Waals surface area contributed by atoms with Crippen molar-refractivity contribution in [1.29, 1.82) is 0 Å². The lowest BCUT2D eigenvalue weighted by Crippen LogP contribution is -2.44. The van der Waals surface area contributed by atoms with E-state index in [9.17, 15) is 19.2 Å². The van der Waals surface area contributed by atoms with Crippen molar-refractivity contribution in [2.75, 3.05) is 65.4 Å². The molecule has 18 heteroatoms. The molecule has 14 nitrogen and oxygen atoms in total. The molecule has 0 aliphatic carbocycles. The van der Waals surface area contributed by atoms with Crippen molar-refractivity contribution in [2.24, 2.45) is 0 Å². The van der Waals surface area contributed by atoms with Gasteiger partial charge >= 0.3 is 0 Å². The second-order valence-corrected chi connectivity index (χ2v) is 26.2. The van der Waals surface area contributed by atoms with Gasteiger partial charge in [0.2, 0.25) is 0 Å². The number of aliphatic hydroxyl groups is 4. The van der Waals surface area contributed by atoms with E-state index in [1.165, 1.54) is 50.5 Å². The van der Waals surface area contributed by atoms with Gasteiger partial charge in [-0.05, 0) is 261 Å². The summed E-state index contributed by atoms with van der Waals surface area (Å²) in [6.07, 6.45) is 8.86. The molecule has 0 unspecified atom stereocenters. The van der Waals surface area contributed by atoms with Crippen LogP contribution in [0.15, 0.2) is 72.8 Å². The van der Waals surface area contributed by atoms with Crippen LogP contribution in [0.4, 0.5) is 0 Å². The lowest BCUT2D eigenvalue weighted by atomic mass is 9.81. The monoisotopic (exact) mass is 1320 g/mol. The second kappa shape index (κ2) is 29.6. The summed E-state index contributed by atoms with van der Waals surface area (Å²) in [6, 6.07) is 25.7. The van der Waals surface area contributed by atoms with Crippen LogP contribution in [0.2, 0.25) is 0 Å². The molecule has 10 rings (SSSR count). The molecule has 2 saturated heterocycles. The van der Waals surface area contributed by atoms with Gasteiger partial charge in [-0.15, -0.1) is 0 Å². The molecule has 6 aliphatic rings. The quantitative estimate of drug-likeness (QED) is 0.0715. The Morgan fingerprint density at radius 1 is 0.475 bits per heavy atom. The molecule has 4 amide bonds. The van der Waals surface area contributed by atoms with Crippen molar-refractivity contribution in [2.45, 2.75) is 155 Å². The first-order valence-corrected chi connectivity index (χ1v) is 30.4. The number of fused-ring (bicyclic) bond motifs is 4. The van der Waals surface area contributed by atoms with Crippen LogP contribution in [0.1, 0.15) is 159 Å². The first-order valence-electron chi connectivity index (χ1n) is 28.2. The van der Waals surface area contributed by atoms with E-state index >= 15 is 0 Å². The smallest absolute Gasteiger partial charge is 0.254 e. The van der Waals surface area contributed by atoms with Crippen molar-refractivity contribution in [1.82, 2.24) is 30.2 Å². The third-order valence-corrected chi connectivity index (χ3v) is 17.9. The molecule has 4 radical (unpaired) electrons. The minimum absolute atomic E-state index is 0.0160. The topological polar surface area (TPSA) is 186 Å². The zero-order valence-corrected chi connectivity index (χ0v) is 53.2. The summed E-state index contributed by atoms with van der Waals surface area (Å²) in [6.45, 7) is 26.4. The Labute approximate surface area is 506 Å². The highest BCUT2D eigenvalue weighted by Crippen LogP contribution is 2.30. The normalized spacial score (nSPS) is 19.0. The number of carbonyl (C=O) groups is 4. The average molecular weight is 1320 g/mol. The first-order chi connectivity index (χ1) is 37.5. The molecule has 4 aromatic rings. The van der Waals surface area contributed by atoms with Gasteiger partial charge in [-0.3, -0.25) is 29.0 Å². The number of nitrogens with zero attached hydrogens (tertiary/aromatic N) is 4. The van der Waals surface area contributed by atoms with Crippen LogP contribution in [0.5, 0.6) is 0 Å². The van der Waals surface area contributed by atoms with E-state index in [0.29, 0.717) is 18.6 Å². The summed E-state index contributed by atoms with van der Waals surface area (Å²) >= 11 is 4.57. The van der Waals surface area contributed by atoms with Gasteiger partial charge in [0.15, 0.2) is 0 Å². The molecular formula is C62H86B2I2N6O8. The zero-order valence-electron chi connectivity index (χ0n) is 48.9. The molecule has 0 aromatic heterocycles. The number of likely N-dealkylation sites (tertiary alicyclic amines) is 2. The number of rotatable bonds is 9. The largest absolute Gasteiger partial charge is 0.387 e. The van der Waals surface area contributed by atoms with Gasteiger partial charge in [0, 0.05) is 109 Å². The fraction of sp³-hybridized carbons (Fsp3) is 0.548. The summed E-state index contributed by atoms with van der Waals surface area (Å²) in [5.74, 6) is 0.459. The number of halogens is 2. The van der Waals surface area contributed by atoms with Crippen molar-refractivity contribution in [3.05, 3.63) is 124 Å². The number of hydrogen-bond donors (Lipinski definition) is 6. The van der Waals surface area contributed by atoms with Gasteiger partial charge in [0.1, 0.15) is 0 Å². The summed E-state index contributed by atoms with van der Waals surface area (Å²) < 4.78 is 2.41. The van der Waals surface area contributed by atoms with Gasteiger partial charge < -0.3 is 40.9 Å². The fourth-order valence-corrected chi connectivity index (χ4v) is 10.9. The highest BCUT2D eigenvalue weighted by Gasteiger charge is 2.33. The van der Waals surface area contributed by atoms with Crippen LogP contribution >= 0.6 is 45.2 Å². The standard InChI is InChI=1S/C25H29N3O2.C16H21IN2O.C9H8INO.2C6H14O2.B2/c1-17-3-2-11-27(17)13-14-28-12-9-21-16-19(5-7-23(21)25(28)30)18-4-6-22-20(15-18)8-10-26-24(22)29;1-12-3-2-7-18(12)9-10-19-8-6-13-11-14(17)4-5-15(13)16(19)20;10-7-1-2-8-6(5-7)3-4-11-9(8)12;2*1-5(2,7)6(3,4)8;1-2/h4-7,15-17H,2-3,8-14H2,1H3,(H,26,29);4-5,11-12H,2-3,6-10H2,1H3;1-2,5H,3-4H2,(H,11,12);2*7-8H,1-4H3;/t17-;12-;;;;/m11..../s1. The Bertz CT molecular complexity index is 2710. The van der Waals surface area contributed by atoms with Crippen LogP contribution in [-0.4, -0.2) is 179 Å². The Balaban J connectivity index is 0.000000202. The Kier molecular flexibility index (Phi) is 24.7. The van der Waals surface area contributed by atoms with Crippen LogP contribution in [-0.2, 0) is 25.7 Å². The minimum atomic E-state index is -1.01. The highest BCUT2D eigenvalue weighted by molar-refractivity contribution is 14.1. The number of benzene rings is 4. The molecule has 6 N–H and O–H groups in total. The predicted octanol–water partition coefficient (Wildman–Crippen LogP) is 7.77. The average Bonchev–Trinajstić information content (AvgIpc) is 4.05. The summed E-state index contributed by atoms with van der Waals surface area (Å²) in [7, 11) is 8.00. The van der Waals surface area contributed by atoms with E-state index in [-0.39, 0.29) is 23.6 Å². The minimum Gasteiger partial charge on any atom is -0.387 e. The maximum absolute atomic E-state index is 13.0. The molecule has 80 heavy (non-hydrogen) atoms. The third-order valence-electron chi connectivity index (χ3n) is 16.6. The molecule has 4 aromatic carbocycles. The van der Waals surface area contributed by atoms with Gasteiger partial charge in [0.25, 0.3) is 23.6 Å². The molecule has 0 bridgehead atoms. The third kappa shape index (κ3) is 18.6. The van der Waals surface area contributed by atoms with E-state index in [0.717, 1.165) is 123 Å². The molecule has 0 spiro atoms. The molecule has 6 aliphatic heterocycles. The summed E-state index contributed by atoms with van der Waals surface area (Å²) in [5.41, 5.74) is 6.20. The lowest BCUT2D eigenvalue weighted by molar-refractivity contribution is -0.107. The fourth-order valence-electron chi connectivity index (χ4n) is 9.80. The Hall–Kier alpha value is -3.89. The van der Waals surface area contributed by atoms with Crippen molar-refractivity contribution < 1.29 is 39.6 Å². The van der Waals surface area contributed by atoms with Crippen LogP contribution < -0.4 is 10.6 Å². The molecule has 432 valence electrons. The van der Waals surface area contributed by atoms with E-state index in [1.54, 1.807) is 55.4 Å². The lowest BCUT2D eigenvalue weighted by Gasteiger charge is -2.31. The van der Waals surface area contributed by atoms with Gasteiger partial charge in [0.05, 0.1) is 22.4 Å². The molecule has 2 atom stereocenters. The molecule has 6 heterocycles. The number of hydrogen-bond acceptors (Lipinski definition) is 10. The van der Waals surface area contributed by atoms with Gasteiger partial charge in [-0.2, -0.15) is 0 Å². The van der Waals surface area contributed by atoms with Gasteiger partial charge in [-0.1, -0.05) is 24.3 Å². The molecule has 0 saturated carbocycles. The second-order valence-electron chi connectivity index (χ2n) is 23.7. The van der Waals surface area contributed by atoms with Crippen LogP contribution in [0, 0.1) is 7.14 Å². The summed E-state index contributed by atoms with van der Waals surface area (Å²) in [4.78, 5) is 57.9. The highest BCUT2D eigenvalue weighted by atomic mass is 127. The van der Waals surface area contributed by atoms with Crippen molar-refractivity contribution >= 4 is 84.3 Å². The maximum Gasteiger partial charge on any atom is 0.254 e. The number of nitrogens with one attached hydrogen (secondary N) is 2. The van der Waals surface area contributed by atoms with E-state index in [1.807, 2.05) is 58.3 Å². The van der Waals surface area contributed by atoms with Crippen molar-refractivity contribution in [3.8, 4) is 11.1 Å². The predicted molar refractivity (Wildman–Crippen MR) is 339 cm³/mol. The molecule has 2 fully saturated rings.